The number of hydrogen-bond donors (Lipinski definition) is 1. The molecule has 1 amide bonds. The van der Waals surface area contributed by atoms with Crippen LogP contribution >= 0.6 is 11.8 Å². The van der Waals surface area contributed by atoms with Crippen molar-refractivity contribution in [3.05, 3.63) is 41.5 Å². The van der Waals surface area contributed by atoms with Crippen molar-refractivity contribution < 1.29 is 18.3 Å². The van der Waals surface area contributed by atoms with Crippen LogP contribution in [0.5, 0.6) is 0 Å². The first-order chi connectivity index (χ1) is 11.2. The molecule has 2 rings (SSSR count). The summed E-state index contributed by atoms with van der Waals surface area (Å²) in [7, 11) is 0. The lowest BCUT2D eigenvalue weighted by Crippen LogP contribution is -2.34. The molecule has 0 aliphatic rings. The highest BCUT2D eigenvalue weighted by Gasteiger charge is 2.21. The van der Waals surface area contributed by atoms with Crippen LogP contribution in [-0.4, -0.2) is 21.9 Å². The van der Waals surface area contributed by atoms with Gasteiger partial charge in [-0.15, -0.1) is 10.2 Å². The van der Waals surface area contributed by atoms with Gasteiger partial charge in [0.05, 0.1) is 0 Å². The van der Waals surface area contributed by atoms with E-state index in [-0.39, 0.29) is 11.7 Å². The summed E-state index contributed by atoms with van der Waals surface area (Å²) in [5.74, 6) is 0.365. The van der Waals surface area contributed by atoms with Gasteiger partial charge in [0.1, 0.15) is 17.5 Å². The molecular formula is C16H20FN3O3S. The maximum Gasteiger partial charge on any atom is 0.408 e. The van der Waals surface area contributed by atoms with E-state index >= 15 is 0 Å². The maximum atomic E-state index is 13.6. The van der Waals surface area contributed by atoms with Crippen LogP contribution in [0.25, 0.3) is 0 Å². The first kappa shape index (κ1) is 18.3. The van der Waals surface area contributed by atoms with E-state index in [9.17, 15) is 9.18 Å². The SMILES string of the molecule is C[C@H](NC(=O)OC(C)(C)C)c1nnc(SCc2ccccc2F)o1. The molecule has 0 spiro atoms. The maximum absolute atomic E-state index is 13.6. The van der Waals surface area contributed by atoms with Crippen molar-refractivity contribution in [1.82, 2.24) is 15.5 Å². The van der Waals surface area contributed by atoms with Crippen LogP contribution in [0.4, 0.5) is 9.18 Å². The summed E-state index contributed by atoms with van der Waals surface area (Å²) in [6.45, 7) is 7.05. The highest BCUT2D eigenvalue weighted by Crippen LogP contribution is 2.24. The zero-order valence-corrected chi connectivity index (χ0v) is 14.8. The minimum atomic E-state index is -0.584. The Morgan fingerprint density at radius 2 is 2.08 bits per heavy atom. The molecule has 1 aromatic heterocycles. The van der Waals surface area contributed by atoms with Crippen molar-refractivity contribution in [3.63, 3.8) is 0 Å². The molecular weight excluding hydrogens is 333 g/mol. The van der Waals surface area contributed by atoms with Crippen molar-refractivity contribution in [2.24, 2.45) is 0 Å². The number of nitrogens with one attached hydrogen (secondary N) is 1. The van der Waals surface area contributed by atoms with Gasteiger partial charge in [-0.3, -0.25) is 0 Å². The Morgan fingerprint density at radius 3 is 2.75 bits per heavy atom. The number of halogens is 1. The van der Waals surface area contributed by atoms with Crippen LogP contribution < -0.4 is 5.32 Å². The standard InChI is InChI=1S/C16H20FN3O3S/c1-10(18-14(21)23-16(2,3)4)13-19-20-15(22-13)24-9-11-7-5-6-8-12(11)17/h5-8,10H,9H2,1-4H3,(H,18,21)/t10-/m0/s1. The Hall–Kier alpha value is -2.09. The van der Waals surface area contributed by atoms with Gasteiger partial charge in [0.2, 0.25) is 5.89 Å². The van der Waals surface area contributed by atoms with Crippen LogP contribution in [0, 0.1) is 5.82 Å². The van der Waals surface area contributed by atoms with Gasteiger partial charge in [0.25, 0.3) is 5.22 Å². The van der Waals surface area contributed by atoms with E-state index in [0.29, 0.717) is 16.5 Å². The average Bonchev–Trinajstić information content (AvgIpc) is 2.93. The smallest absolute Gasteiger partial charge is 0.408 e. The van der Waals surface area contributed by atoms with Crippen LogP contribution in [-0.2, 0) is 10.5 Å². The number of rotatable bonds is 5. The Morgan fingerprint density at radius 1 is 1.38 bits per heavy atom. The summed E-state index contributed by atoms with van der Waals surface area (Å²) in [5, 5.41) is 10.7. The Balaban J connectivity index is 1.90. The first-order valence-electron chi connectivity index (χ1n) is 7.44. The zero-order valence-electron chi connectivity index (χ0n) is 14.0. The van der Waals surface area contributed by atoms with Gasteiger partial charge in [-0.2, -0.15) is 0 Å². The Kier molecular flexibility index (Phi) is 5.82. The molecule has 8 heteroatoms. The predicted molar refractivity (Wildman–Crippen MR) is 88.0 cm³/mol. The third kappa shape index (κ3) is 5.52. The molecule has 0 radical (unpaired) electrons. The molecule has 1 N–H and O–H groups in total. The van der Waals surface area contributed by atoms with Crippen LogP contribution in [0.3, 0.4) is 0 Å². The summed E-state index contributed by atoms with van der Waals surface area (Å²) in [6.07, 6.45) is -0.561. The number of aromatic nitrogens is 2. The summed E-state index contributed by atoms with van der Waals surface area (Å²) in [5.41, 5.74) is -0.0263. The predicted octanol–water partition coefficient (Wildman–Crippen LogP) is 4.09. The minimum Gasteiger partial charge on any atom is -0.444 e. The minimum absolute atomic E-state index is 0.261. The summed E-state index contributed by atoms with van der Waals surface area (Å²) in [4.78, 5) is 11.7. The molecule has 130 valence electrons. The second-order valence-electron chi connectivity index (χ2n) is 6.15. The number of carbonyl (C=O) groups excluding carboxylic acids is 1. The zero-order chi connectivity index (χ0) is 17.7. The monoisotopic (exact) mass is 353 g/mol. The summed E-state index contributed by atoms with van der Waals surface area (Å²) in [6, 6.07) is 6.02. The molecule has 0 aliphatic carbocycles. The van der Waals surface area contributed by atoms with Gasteiger partial charge in [0, 0.05) is 5.75 Å². The van der Waals surface area contributed by atoms with Crippen LogP contribution in [0.2, 0.25) is 0 Å². The van der Waals surface area contributed by atoms with E-state index < -0.39 is 17.7 Å². The molecule has 0 aliphatic heterocycles. The normalized spacial score (nSPS) is 12.7. The van der Waals surface area contributed by atoms with Gasteiger partial charge < -0.3 is 14.5 Å². The third-order valence-corrected chi connectivity index (χ3v) is 3.70. The van der Waals surface area contributed by atoms with Crippen molar-refractivity contribution in [1.29, 1.82) is 0 Å². The highest BCUT2D eigenvalue weighted by atomic mass is 32.2. The number of benzene rings is 1. The molecule has 24 heavy (non-hydrogen) atoms. The molecule has 0 saturated heterocycles. The number of carbonyl (C=O) groups is 1. The molecule has 1 heterocycles. The molecule has 0 bridgehead atoms. The number of nitrogens with zero attached hydrogens (tertiary/aromatic N) is 2. The largest absolute Gasteiger partial charge is 0.444 e. The second kappa shape index (κ2) is 7.65. The van der Waals surface area contributed by atoms with Crippen molar-refractivity contribution in [2.75, 3.05) is 0 Å². The van der Waals surface area contributed by atoms with E-state index in [4.69, 9.17) is 9.15 Å². The summed E-state index contributed by atoms with van der Waals surface area (Å²) >= 11 is 1.23. The topological polar surface area (TPSA) is 77.2 Å². The van der Waals surface area contributed by atoms with Gasteiger partial charge in [-0.05, 0) is 39.3 Å². The van der Waals surface area contributed by atoms with E-state index in [2.05, 4.69) is 15.5 Å². The second-order valence-corrected chi connectivity index (χ2v) is 7.08. The number of hydrogen-bond acceptors (Lipinski definition) is 6. The lowest BCUT2D eigenvalue weighted by molar-refractivity contribution is 0.0500. The molecule has 2 aromatic rings. The molecule has 1 aromatic carbocycles. The van der Waals surface area contributed by atoms with Crippen molar-refractivity contribution in [3.8, 4) is 0 Å². The number of thioether (sulfide) groups is 1. The quantitative estimate of drug-likeness (QED) is 0.816. The van der Waals surface area contributed by atoms with E-state index in [1.54, 1.807) is 45.9 Å². The molecule has 0 saturated carbocycles. The number of ether oxygens (including phenoxy) is 1. The fourth-order valence-corrected chi connectivity index (χ4v) is 2.51. The molecule has 6 nitrogen and oxygen atoms in total. The summed E-state index contributed by atoms with van der Waals surface area (Å²) < 4.78 is 24.2. The van der Waals surface area contributed by atoms with Crippen molar-refractivity contribution >= 4 is 17.9 Å². The fraction of sp³-hybridized carbons (Fsp3) is 0.438. The van der Waals surface area contributed by atoms with Crippen LogP contribution in [0.1, 0.15) is 45.2 Å². The Labute approximate surface area is 144 Å². The van der Waals surface area contributed by atoms with E-state index in [1.165, 1.54) is 17.8 Å². The fourth-order valence-electron chi connectivity index (χ4n) is 1.75. The molecule has 0 fully saturated rings. The number of alkyl carbamates (subject to hydrolysis) is 1. The van der Waals surface area contributed by atoms with Crippen LogP contribution in [0.15, 0.2) is 33.9 Å². The van der Waals surface area contributed by atoms with Gasteiger partial charge in [0.15, 0.2) is 0 Å². The highest BCUT2D eigenvalue weighted by molar-refractivity contribution is 7.98. The molecule has 1 atom stereocenters. The Bertz CT molecular complexity index is 700. The lowest BCUT2D eigenvalue weighted by Gasteiger charge is -2.20. The number of amides is 1. The van der Waals surface area contributed by atoms with E-state index in [0.717, 1.165) is 0 Å². The van der Waals surface area contributed by atoms with Gasteiger partial charge in [-0.1, -0.05) is 30.0 Å². The third-order valence-electron chi connectivity index (χ3n) is 2.83. The lowest BCUT2D eigenvalue weighted by atomic mass is 10.2. The average molecular weight is 353 g/mol. The van der Waals surface area contributed by atoms with E-state index in [1.807, 2.05) is 0 Å². The molecule has 0 unspecified atom stereocenters. The first-order valence-corrected chi connectivity index (χ1v) is 8.42. The van der Waals surface area contributed by atoms with Gasteiger partial charge >= 0.3 is 6.09 Å². The van der Waals surface area contributed by atoms with Crippen molar-refractivity contribution in [2.45, 2.75) is 50.3 Å². The van der Waals surface area contributed by atoms with Gasteiger partial charge in [-0.25, -0.2) is 9.18 Å².